The summed E-state index contributed by atoms with van der Waals surface area (Å²) in [7, 11) is 0. The van der Waals surface area contributed by atoms with Crippen molar-refractivity contribution in [1.29, 1.82) is 0 Å². The standard InChI is InChI=1S/C13H17F2NO.ClH/c14-13(15)17-11-7-5-10(6-8-11)12(16)9-3-1-2-4-9;/h5-9,12-13H,1-4,16H2;1H/t12-;/m1./s1. The second-order valence-electron chi connectivity index (χ2n) is 4.52. The smallest absolute Gasteiger partial charge is 0.387 e. The number of benzene rings is 1. The normalized spacial score (nSPS) is 17.6. The van der Waals surface area contributed by atoms with E-state index in [0.717, 1.165) is 18.4 Å². The fourth-order valence-corrected chi connectivity index (χ4v) is 2.46. The Morgan fingerprint density at radius 3 is 2.17 bits per heavy atom. The van der Waals surface area contributed by atoms with Gasteiger partial charge in [0, 0.05) is 6.04 Å². The van der Waals surface area contributed by atoms with Gasteiger partial charge < -0.3 is 10.5 Å². The van der Waals surface area contributed by atoms with Gasteiger partial charge in [-0.3, -0.25) is 0 Å². The van der Waals surface area contributed by atoms with Crippen LogP contribution < -0.4 is 10.5 Å². The predicted molar refractivity (Wildman–Crippen MR) is 69.2 cm³/mol. The number of rotatable bonds is 4. The Kier molecular flexibility index (Phi) is 5.82. The molecule has 0 radical (unpaired) electrons. The first-order chi connectivity index (χ1) is 8.16. The van der Waals surface area contributed by atoms with Crippen molar-refractivity contribution in [2.24, 2.45) is 11.7 Å². The lowest BCUT2D eigenvalue weighted by molar-refractivity contribution is -0.0498. The van der Waals surface area contributed by atoms with Crippen molar-refractivity contribution in [3.8, 4) is 5.75 Å². The van der Waals surface area contributed by atoms with Gasteiger partial charge in [0.05, 0.1) is 0 Å². The summed E-state index contributed by atoms with van der Waals surface area (Å²) in [4.78, 5) is 0. The molecule has 0 unspecified atom stereocenters. The van der Waals surface area contributed by atoms with Crippen LogP contribution in [0.2, 0.25) is 0 Å². The third-order valence-corrected chi connectivity index (χ3v) is 3.40. The van der Waals surface area contributed by atoms with E-state index in [9.17, 15) is 8.78 Å². The minimum Gasteiger partial charge on any atom is -0.435 e. The highest BCUT2D eigenvalue weighted by molar-refractivity contribution is 5.85. The minimum absolute atomic E-state index is 0. The van der Waals surface area contributed by atoms with Crippen LogP contribution in [0.1, 0.15) is 37.3 Å². The predicted octanol–water partition coefficient (Wildman–Crippen LogP) is 3.90. The van der Waals surface area contributed by atoms with Crippen LogP contribution in [0.15, 0.2) is 24.3 Å². The summed E-state index contributed by atoms with van der Waals surface area (Å²) < 4.78 is 28.3. The van der Waals surface area contributed by atoms with Crippen LogP contribution in [0.4, 0.5) is 8.78 Å². The Labute approximate surface area is 112 Å². The summed E-state index contributed by atoms with van der Waals surface area (Å²) in [6, 6.07) is 6.67. The molecule has 0 saturated heterocycles. The monoisotopic (exact) mass is 277 g/mol. The van der Waals surface area contributed by atoms with Gasteiger partial charge in [-0.25, -0.2) is 0 Å². The van der Waals surface area contributed by atoms with Crippen LogP contribution in [0.5, 0.6) is 5.75 Å². The Morgan fingerprint density at radius 1 is 1.11 bits per heavy atom. The molecule has 102 valence electrons. The first-order valence-electron chi connectivity index (χ1n) is 5.97. The molecule has 1 atom stereocenters. The topological polar surface area (TPSA) is 35.2 Å². The first kappa shape index (κ1) is 15.2. The van der Waals surface area contributed by atoms with Gasteiger partial charge in [0.1, 0.15) is 5.75 Å². The third kappa shape index (κ3) is 3.82. The molecule has 1 fully saturated rings. The van der Waals surface area contributed by atoms with Crippen LogP contribution in [-0.2, 0) is 0 Å². The van der Waals surface area contributed by atoms with E-state index >= 15 is 0 Å². The van der Waals surface area contributed by atoms with Gasteiger partial charge in [-0.1, -0.05) is 25.0 Å². The maximum atomic E-state index is 12.0. The van der Waals surface area contributed by atoms with Crippen molar-refractivity contribution in [2.75, 3.05) is 0 Å². The molecule has 0 bridgehead atoms. The van der Waals surface area contributed by atoms with Gasteiger partial charge in [-0.05, 0) is 36.5 Å². The number of ether oxygens (including phenoxy) is 1. The highest BCUT2D eigenvalue weighted by Gasteiger charge is 2.23. The van der Waals surface area contributed by atoms with Crippen molar-refractivity contribution in [3.63, 3.8) is 0 Å². The van der Waals surface area contributed by atoms with Crippen LogP contribution in [0, 0.1) is 5.92 Å². The average molecular weight is 278 g/mol. The summed E-state index contributed by atoms with van der Waals surface area (Å²) in [6.45, 7) is -2.77. The summed E-state index contributed by atoms with van der Waals surface area (Å²) in [5, 5.41) is 0. The number of nitrogens with two attached hydrogens (primary N) is 1. The lowest BCUT2D eigenvalue weighted by Crippen LogP contribution is -2.18. The van der Waals surface area contributed by atoms with Crippen LogP contribution >= 0.6 is 12.4 Å². The van der Waals surface area contributed by atoms with E-state index in [1.165, 1.54) is 12.8 Å². The highest BCUT2D eigenvalue weighted by atomic mass is 35.5. The van der Waals surface area contributed by atoms with E-state index in [1.54, 1.807) is 24.3 Å². The van der Waals surface area contributed by atoms with Gasteiger partial charge in [0.25, 0.3) is 0 Å². The highest BCUT2D eigenvalue weighted by Crippen LogP contribution is 2.34. The molecule has 1 aromatic carbocycles. The average Bonchev–Trinajstić information content (AvgIpc) is 2.82. The molecule has 0 amide bonds. The van der Waals surface area contributed by atoms with Gasteiger partial charge in [0.2, 0.25) is 0 Å². The molecule has 1 aromatic rings. The number of alkyl halides is 2. The van der Waals surface area contributed by atoms with Crippen molar-refractivity contribution in [3.05, 3.63) is 29.8 Å². The maximum absolute atomic E-state index is 12.0. The van der Waals surface area contributed by atoms with Gasteiger partial charge >= 0.3 is 6.61 Å². The van der Waals surface area contributed by atoms with Crippen LogP contribution in [0.25, 0.3) is 0 Å². The van der Waals surface area contributed by atoms with E-state index in [1.807, 2.05) is 0 Å². The summed E-state index contributed by atoms with van der Waals surface area (Å²) in [5.74, 6) is 0.708. The Hall–Kier alpha value is -0.870. The molecule has 1 aliphatic carbocycles. The first-order valence-corrected chi connectivity index (χ1v) is 5.97. The SMILES string of the molecule is Cl.N[C@@H](c1ccc(OC(F)F)cc1)C1CCCC1. The van der Waals surface area contributed by atoms with E-state index in [-0.39, 0.29) is 24.2 Å². The molecule has 0 spiro atoms. The van der Waals surface area contributed by atoms with Crippen molar-refractivity contribution < 1.29 is 13.5 Å². The second kappa shape index (κ2) is 6.90. The van der Waals surface area contributed by atoms with Crippen molar-refractivity contribution >= 4 is 12.4 Å². The van der Waals surface area contributed by atoms with Crippen molar-refractivity contribution in [2.45, 2.75) is 38.3 Å². The molecule has 5 heteroatoms. The fraction of sp³-hybridized carbons (Fsp3) is 0.538. The second-order valence-corrected chi connectivity index (χ2v) is 4.52. The molecule has 0 aromatic heterocycles. The summed E-state index contributed by atoms with van der Waals surface area (Å²) >= 11 is 0. The quantitative estimate of drug-likeness (QED) is 0.906. The van der Waals surface area contributed by atoms with E-state index < -0.39 is 6.61 Å². The molecule has 2 N–H and O–H groups in total. The largest absolute Gasteiger partial charge is 0.435 e. The molecule has 2 nitrogen and oxygen atoms in total. The fourth-order valence-electron chi connectivity index (χ4n) is 2.46. The molecule has 18 heavy (non-hydrogen) atoms. The molecular weight excluding hydrogens is 260 g/mol. The molecule has 1 aliphatic rings. The van der Waals surface area contributed by atoms with Crippen LogP contribution in [-0.4, -0.2) is 6.61 Å². The zero-order valence-corrected chi connectivity index (χ0v) is 10.8. The molecule has 0 heterocycles. The molecular formula is C13H18ClF2NO. The number of hydrogen-bond donors (Lipinski definition) is 1. The minimum atomic E-state index is -2.77. The zero-order valence-electron chi connectivity index (χ0n) is 10.0. The molecule has 1 saturated carbocycles. The van der Waals surface area contributed by atoms with Crippen LogP contribution in [0.3, 0.4) is 0 Å². The van der Waals surface area contributed by atoms with E-state index in [0.29, 0.717) is 5.92 Å². The van der Waals surface area contributed by atoms with Gasteiger partial charge in [-0.15, -0.1) is 12.4 Å². The lowest BCUT2D eigenvalue weighted by atomic mass is 9.92. The molecule has 0 aliphatic heterocycles. The van der Waals surface area contributed by atoms with Gasteiger partial charge in [-0.2, -0.15) is 8.78 Å². The van der Waals surface area contributed by atoms with Gasteiger partial charge in [0.15, 0.2) is 0 Å². The summed E-state index contributed by atoms with van der Waals surface area (Å²) in [6.07, 6.45) is 4.81. The Bertz CT molecular complexity index is 353. The molecule has 2 rings (SSSR count). The Morgan fingerprint density at radius 2 is 1.67 bits per heavy atom. The summed E-state index contributed by atoms with van der Waals surface area (Å²) in [5.41, 5.74) is 7.16. The van der Waals surface area contributed by atoms with E-state index in [4.69, 9.17) is 5.73 Å². The number of halogens is 3. The van der Waals surface area contributed by atoms with E-state index in [2.05, 4.69) is 4.74 Å². The maximum Gasteiger partial charge on any atom is 0.387 e. The third-order valence-electron chi connectivity index (χ3n) is 3.40. The zero-order chi connectivity index (χ0) is 12.3. The van der Waals surface area contributed by atoms with Crippen molar-refractivity contribution in [1.82, 2.24) is 0 Å². The number of hydrogen-bond acceptors (Lipinski definition) is 2. The lowest BCUT2D eigenvalue weighted by Gasteiger charge is -2.19. The Balaban J connectivity index is 0.00000162.